The van der Waals surface area contributed by atoms with Crippen LogP contribution in [0, 0.1) is 0 Å². The Hall–Kier alpha value is -5.66. The quantitative estimate of drug-likeness (QED) is 0.201. The molecule has 0 N–H and O–H groups in total. The van der Waals surface area contributed by atoms with E-state index in [0.717, 1.165) is 21.9 Å². The minimum atomic E-state index is 0.907. The van der Waals surface area contributed by atoms with Crippen molar-refractivity contribution in [2.45, 2.75) is 0 Å². The molecule has 0 spiro atoms. The van der Waals surface area contributed by atoms with Crippen LogP contribution in [0.3, 0.4) is 0 Å². The van der Waals surface area contributed by atoms with Crippen LogP contribution in [0.1, 0.15) is 0 Å². The predicted molar refractivity (Wildman–Crippen MR) is 183 cm³/mol. The largest absolute Gasteiger partial charge is 0.456 e. The molecule has 0 saturated heterocycles. The van der Waals surface area contributed by atoms with E-state index in [2.05, 4.69) is 152 Å². The lowest BCUT2D eigenvalue weighted by Crippen LogP contribution is -1.93. The van der Waals surface area contributed by atoms with Crippen molar-refractivity contribution >= 4 is 54.3 Å². The third kappa shape index (κ3) is 3.58. The van der Waals surface area contributed by atoms with Gasteiger partial charge in [0.2, 0.25) is 0 Å². The van der Waals surface area contributed by atoms with Crippen LogP contribution in [0.4, 0.5) is 0 Å². The van der Waals surface area contributed by atoms with Crippen LogP contribution in [-0.4, -0.2) is 0 Å². The van der Waals surface area contributed by atoms with Crippen molar-refractivity contribution in [1.82, 2.24) is 0 Å². The second-order valence-electron chi connectivity index (χ2n) is 11.2. The smallest absolute Gasteiger partial charge is 0.136 e. The maximum Gasteiger partial charge on any atom is 0.136 e. The van der Waals surface area contributed by atoms with E-state index >= 15 is 0 Å². The van der Waals surface area contributed by atoms with E-state index in [1.807, 2.05) is 6.07 Å². The fraction of sp³-hybridized carbons (Fsp3) is 0. The minimum absolute atomic E-state index is 0.907. The number of para-hydroxylation sites is 1. The molecule has 0 bridgehead atoms. The van der Waals surface area contributed by atoms with Crippen molar-refractivity contribution in [3.8, 4) is 33.4 Å². The van der Waals surface area contributed by atoms with Crippen molar-refractivity contribution in [3.63, 3.8) is 0 Å². The van der Waals surface area contributed by atoms with Gasteiger partial charge in [-0.2, -0.15) is 0 Å². The van der Waals surface area contributed by atoms with Gasteiger partial charge >= 0.3 is 0 Å². The number of rotatable bonds is 3. The Balaban J connectivity index is 1.48. The summed E-state index contributed by atoms with van der Waals surface area (Å²) in [6.07, 6.45) is 0. The van der Waals surface area contributed by atoms with Gasteiger partial charge in [0.15, 0.2) is 0 Å². The zero-order valence-electron chi connectivity index (χ0n) is 23.4. The summed E-state index contributed by atoms with van der Waals surface area (Å²) in [4.78, 5) is 0. The van der Waals surface area contributed by atoms with Crippen LogP contribution in [0.2, 0.25) is 0 Å². The summed E-state index contributed by atoms with van der Waals surface area (Å²) in [7, 11) is 0. The van der Waals surface area contributed by atoms with Gasteiger partial charge in [-0.15, -0.1) is 0 Å². The minimum Gasteiger partial charge on any atom is -0.456 e. The standard InChI is InChI=1S/C42H26O/c1-2-14-28(15-3-1)39-36(25-26-38-42(39)35-22-10-11-24-37(35)43-38)41-33-20-8-6-18-31(33)40(32-19-7-9-21-34(32)41)30-23-12-16-27-13-4-5-17-29(27)30/h1-26H. The maximum absolute atomic E-state index is 6.40. The highest BCUT2D eigenvalue weighted by Gasteiger charge is 2.22. The Kier molecular flexibility index (Phi) is 5.27. The third-order valence-corrected chi connectivity index (χ3v) is 8.87. The van der Waals surface area contributed by atoms with Crippen molar-refractivity contribution < 1.29 is 4.42 Å². The molecule has 43 heavy (non-hydrogen) atoms. The fourth-order valence-corrected chi connectivity index (χ4v) is 7.08. The number of benzene rings is 8. The summed E-state index contributed by atoms with van der Waals surface area (Å²) >= 11 is 0. The molecule has 8 aromatic carbocycles. The molecule has 1 nitrogen and oxygen atoms in total. The van der Waals surface area contributed by atoms with Gasteiger partial charge in [0.25, 0.3) is 0 Å². The molecular formula is C42H26O. The zero-order chi connectivity index (χ0) is 28.3. The second kappa shape index (κ2) is 9.44. The van der Waals surface area contributed by atoms with Gasteiger partial charge in [0.05, 0.1) is 0 Å². The van der Waals surface area contributed by atoms with E-state index in [0.29, 0.717) is 0 Å². The summed E-state index contributed by atoms with van der Waals surface area (Å²) in [5, 5.41) is 9.81. The van der Waals surface area contributed by atoms with Gasteiger partial charge in [-0.05, 0) is 78.3 Å². The summed E-state index contributed by atoms with van der Waals surface area (Å²) in [5.41, 5.74) is 9.21. The highest BCUT2D eigenvalue weighted by molar-refractivity contribution is 6.26. The average molecular weight is 547 g/mol. The predicted octanol–water partition coefficient (Wildman–Crippen LogP) is 12.0. The van der Waals surface area contributed by atoms with E-state index < -0.39 is 0 Å². The molecule has 0 aliphatic heterocycles. The summed E-state index contributed by atoms with van der Waals surface area (Å²) in [5.74, 6) is 0. The van der Waals surface area contributed by atoms with Gasteiger partial charge in [-0.3, -0.25) is 0 Å². The van der Waals surface area contributed by atoms with Crippen molar-refractivity contribution in [2.24, 2.45) is 0 Å². The topological polar surface area (TPSA) is 13.1 Å². The van der Waals surface area contributed by atoms with Crippen LogP contribution < -0.4 is 0 Å². The highest BCUT2D eigenvalue weighted by atomic mass is 16.3. The van der Waals surface area contributed by atoms with Crippen LogP contribution in [0.25, 0.3) is 87.6 Å². The molecule has 0 radical (unpaired) electrons. The number of hydrogen-bond donors (Lipinski definition) is 0. The first-order chi connectivity index (χ1) is 21.4. The van der Waals surface area contributed by atoms with Gasteiger partial charge < -0.3 is 4.42 Å². The Morgan fingerprint density at radius 3 is 1.53 bits per heavy atom. The van der Waals surface area contributed by atoms with E-state index in [-0.39, 0.29) is 0 Å². The third-order valence-electron chi connectivity index (χ3n) is 8.87. The normalized spacial score (nSPS) is 11.7. The van der Waals surface area contributed by atoms with Gasteiger partial charge in [-0.1, -0.05) is 140 Å². The Morgan fingerprint density at radius 2 is 0.837 bits per heavy atom. The number of furan rings is 1. The van der Waals surface area contributed by atoms with Crippen molar-refractivity contribution in [1.29, 1.82) is 0 Å². The summed E-state index contributed by atoms with van der Waals surface area (Å²) in [6, 6.07) is 56.8. The van der Waals surface area contributed by atoms with Crippen molar-refractivity contribution in [3.05, 3.63) is 158 Å². The first-order valence-corrected chi connectivity index (χ1v) is 14.8. The lowest BCUT2D eigenvalue weighted by Gasteiger charge is -2.21. The van der Waals surface area contributed by atoms with E-state index in [4.69, 9.17) is 4.42 Å². The zero-order valence-corrected chi connectivity index (χ0v) is 23.4. The average Bonchev–Trinajstić information content (AvgIpc) is 3.46. The lowest BCUT2D eigenvalue weighted by atomic mass is 9.82. The Morgan fingerprint density at radius 1 is 0.302 bits per heavy atom. The monoisotopic (exact) mass is 546 g/mol. The van der Waals surface area contributed by atoms with Crippen LogP contribution in [0.15, 0.2) is 162 Å². The highest BCUT2D eigenvalue weighted by Crippen LogP contribution is 2.49. The first kappa shape index (κ1) is 24.0. The summed E-state index contributed by atoms with van der Waals surface area (Å²) in [6.45, 7) is 0. The number of hydrogen-bond acceptors (Lipinski definition) is 1. The Bertz CT molecular complexity index is 2440. The van der Waals surface area contributed by atoms with Gasteiger partial charge in [0, 0.05) is 16.3 Å². The molecule has 9 aromatic rings. The van der Waals surface area contributed by atoms with Gasteiger partial charge in [-0.25, -0.2) is 0 Å². The number of fused-ring (bicyclic) bond motifs is 6. The Labute approximate surface area is 249 Å². The molecule has 1 aromatic heterocycles. The van der Waals surface area contributed by atoms with Crippen LogP contribution >= 0.6 is 0 Å². The lowest BCUT2D eigenvalue weighted by molar-refractivity contribution is 0.669. The van der Waals surface area contributed by atoms with Crippen molar-refractivity contribution in [2.75, 3.05) is 0 Å². The van der Waals surface area contributed by atoms with E-state index in [1.165, 1.54) is 65.7 Å². The maximum atomic E-state index is 6.40. The SMILES string of the molecule is c1ccc(-c2c(-c3c4ccccc4c(-c4cccc5ccccc45)c4ccccc34)ccc3oc4ccccc4c23)cc1. The van der Waals surface area contributed by atoms with E-state index in [9.17, 15) is 0 Å². The first-order valence-electron chi connectivity index (χ1n) is 14.8. The molecule has 0 aliphatic rings. The molecule has 0 amide bonds. The molecule has 0 fully saturated rings. The molecule has 0 unspecified atom stereocenters. The van der Waals surface area contributed by atoms with Crippen LogP contribution in [0.5, 0.6) is 0 Å². The molecule has 1 heterocycles. The molecular weight excluding hydrogens is 520 g/mol. The molecule has 0 atom stereocenters. The molecule has 0 aliphatic carbocycles. The fourth-order valence-electron chi connectivity index (χ4n) is 7.08. The summed E-state index contributed by atoms with van der Waals surface area (Å²) < 4.78 is 6.40. The molecule has 0 saturated carbocycles. The van der Waals surface area contributed by atoms with E-state index in [1.54, 1.807) is 0 Å². The molecule has 1 heteroatoms. The second-order valence-corrected chi connectivity index (χ2v) is 11.2. The van der Waals surface area contributed by atoms with Gasteiger partial charge in [0.1, 0.15) is 11.2 Å². The van der Waals surface area contributed by atoms with Crippen LogP contribution in [-0.2, 0) is 0 Å². The molecule has 200 valence electrons. The molecule has 9 rings (SSSR count).